The summed E-state index contributed by atoms with van der Waals surface area (Å²) in [5.41, 5.74) is 1.31. The summed E-state index contributed by atoms with van der Waals surface area (Å²) in [6, 6.07) is 8.70. The van der Waals surface area contributed by atoms with Crippen molar-refractivity contribution in [1.29, 1.82) is 0 Å². The highest BCUT2D eigenvalue weighted by Gasteiger charge is 2.00. The third kappa shape index (κ3) is 3.99. The average molecular weight is 216 g/mol. The van der Waals surface area contributed by atoms with Gasteiger partial charge in [0.1, 0.15) is 5.75 Å². The van der Waals surface area contributed by atoms with Crippen molar-refractivity contribution in [2.45, 2.75) is 19.4 Å². The van der Waals surface area contributed by atoms with Crippen LogP contribution in [0.3, 0.4) is 0 Å². The summed E-state index contributed by atoms with van der Waals surface area (Å²) < 4.78 is 5.15. The maximum absolute atomic E-state index is 5.15. The predicted octanol–water partition coefficient (Wildman–Crippen LogP) is 2.27. The van der Waals surface area contributed by atoms with Crippen molar-refractivity contribution in [1.82, 2.24) is 5.32 Å². The maximum atomic E-state index is 5.15. The number of benzene rings is 1. The Morgan fingerprint density at radius 3 is 2.71 bits per heavy atom. The van der Waals surface area contributed by atoms with E-state index < -0.39 is 0 Å². The van der Waals surface area contributed by atoms with Crippen LogP contribution < -0.4 is 10.1 Å². The van der Waals surface area contributed by atoms with Gasteiger partial charge in [0.15, 0.2) is 0 Å². The Hall–Kier alpha value is -0.730. The summed E-state index contributed by atoms with van der Waals surface area (Å²) in [4.78, 5) is 0. The molecule has 0 fully saturated rings. The molecule has 1 rings (SSSR count). The topological polar surface area (TPSA) is 21.3 Å². The number of ether oxygens (including phenoxy) is 1. The van der Waals surface area contributed by atoms with Gasteiger partial charge in [0.2, 0.25) is 0 Å². The lowest BCUT2D eigenvalue weighted by Gasteiger charge is -2.10. The van der Waals surface area contributed by atoms with Crippen LogP contribution >= 0.6 is 12.4 Å². The first-order chi connectivity index (χ1) is 6.26. The molecule has 0 aliphatic carbocycles. The van der Waals surface area contributed by atoms with E-state index in [1.807, 2.05) is 19.2 Å². The highest BCUT2D eigenvalue weighted by molar-refractivity contribution is 5.85. The maximum Gasteiger partial charge on any atom is 0.119 e. The van der Waals surface area contributed by atoms with Crippen LogP contribution in [0.2, 0.25) is 0 Å². The second kappa shape index (κ2) is 6.68. The van der Waals surface area contributed by atoms with Gasteiger partial charge in [0.25, 0.3) is 0 Å². The van der Waals surface area contributed by atoms with Crippen LogP contribution in [0.25, 0.3) is 0 Å². The summed E-state index contributed by atoms with van der Waals surface area (Å²) in [6.45, 7) is 2.17. The Kier molecular flexibility index (Phi) is 6.34. The van der Waals surface area contributed by atoms with Gasteiger partial charge < -0.3 is 10.1 Å². The minimum absolute atomic E-state index is 0. The van der Waals surface area contributed by atoms with E-state index in [4.69, 9.17) is 4.74 Å². The number of hydrogen-bond donors (Lipinski definition) is 1. The van der Waals surface area contributed by atoms with E-state index in [0.717, 1.165) is 12.2 Å². The molecule has 0 unspecified atom stereocenters. The first-order valence-corrected chi connectivity index (χ1v) is 4.56. The molecule has 0 heterocycles. The van der Waals surface area contributed by atoms with Gasteiger partial charge in [-0.3, -0.25) is 0 Å². The molecule has 0 aliphatic rings. The smallest absolute Gasteiger partial charge is 0.119 e. The number of rotatable bonds is 4. The Balaban J connectivity index is 0.00000169. The van der Waals surface area contributed by atoms with Gasteiger partial charge in [-0.15, -0.1) is 12.4 Å². The van der Waals surface area contributed by atoms with Gasteiger partial charge in [-0.25, -0.2) is 0 Å². The zero-order valence-electron chi connectivity index (χ0n) is 8.91. The lowest BCUT2D eigenvalue weighted by Crippen LogP contribution is -2.23. The average Bonchev–Trinajstić information content (AvgIpc) is 2.18. The van der Waals surface area contributed by atoms with E-state index in [1.165, 1.54) is 5.56 Å². The number of likely N-dealkylation sites (N-methyl/N-ethyl adjacent to an activating group) is 1. The van der Waals surface area contributed by atoms with Crippen molar-refractivity contribution < 1.29 is 4.74 Å². The van der Waals surface area contributed by atoms with E-state index >= 15 is 0 Å². The molecule has 1 aromatic carbocycles. The number of halogens is 1. The van der Waals surface area contributed by atoms with E-state index in [1.54, 1.807) is 7.11 Å². The standard InChI is InChI=1S/C11H17NO.ClH/c1-9(12-2)7-10-5-4-6-11(8-10)13-3;/h4-6,8-9,12H,7H2,1-3H3;1H/t9-;/m0./s1. The fourth-order valence-corrected chi connectivity index (χ4v) is 1.26. The van der Waals surface area contributed by atoms with Crippen molar-refractivity contribution in [2.24, 2.45) is 0 Å². The summed E-state index contributed by atoms with van der Waals surface area (Å²) >= 11 is 0. The van der Waals surface area contributed by atoms with Crippen molar-refractivity contribution in [3.05, 3.63) is 29.8 Å². The monoisotopic (exact) mass is 215 g/mol. The van der Waals surface area contributed by atoms with Crippen LogP contribution in [0, 0.1) is 0 Å². The normalized spacial score (nSPS) is 11.6. The molecule has 0 aromatic heterocycles. The molecular formula is C11H18ClNO. The predicted molar refractivity (Wildman–Crippen MR) is 62.5 cm³/mol. The third-order valence-corrected chi connectivity index (χ3v) is 2.17. The van der Waals surface area contributed by atoms with Crippen molar-refractivity contribution in [2.75, 3.05) is 14.2 Å². The Labute approximate surface area is 92.1 Å². The number of hydrogen-bond acceptors (Lipinski definition) is 2. The minimum atomic E-state index is 0. The van der Waals surface area contributed by atoms with Crippen LogP contribution in [0.15, 0.2) is 24.3 Å². The Morgan fingerprint density at radius 2 is 2.14 bits per heavy atom. The first kappa shape index (κ1) is 13.3. The summed E-state index contributed by atoms with van der Waals surface area (Å²) in [5.74, 6) is 0.931. The summed E-state index contributed by atoms with van der Waals surface area (Å²) in [5, 5.41) is 3.21. The fraction of sp³-hybridized carbons (Fsp3) is 0.455. The largest absolute Gasteiger partial charge is 0.497 e. The van der Waals surface area contributed by atoms with Gasteiger partial charge in [0, 0.05) is 6.04 Å². The molecule has 2 nitrogen and oxygen atoms in total. The Morgan fingerprint density at radius 1 is 1.43 bits per heavy atom. The molecule has 1 atom stereocenters. The molecule has 0 aliphatic heterocycles. The lowest BCUT2D eigenvalue weighted by atomic mass is 10.1. The molecule has 1 aromatic rings. The van der Waals surface area contributed by atoms with Crippen LogP contribution in [0.4, 0.5) is 0 Å². The van der Waals surface area contributed by atoms with E-state index in [0.29, 0.717) is 6.04 Å². The van der Waals surface area contributed by atoms with Crippen molar-refractivity contribution >= 4 is 12.4 Å². The van der Waals surface area contributed by atoms with Crippen LogP contribution in [-0.4, -0.2) is 20.2 Å². The molecule has 14 heavy (non-hydrogen) atoms. The molecule has 0 bridgehead atoms. The molecular weight excluding hydrogens is 198 g/mol. The highest BCUT2D eigenvalue weighted by atomic mass is 35.5. The van der Waals surface area contributed by atoms with Gasteiger partial charge in [-0.1, -0.05) is 12.1 Å². The molecule has 0 radical (unpaired) electrons. The fourth-order valence-electron chi connectivity index (χ4n) is 1.26. The third-order valence-electron chi connectivity index (χ3n) is 2.17. The molecule has 0 spiro atoms. The van der Waals surface area contributed by atoms with Crippen LogP contribution in [0.5, 0.6) is 5.75 Å². The quantitative estimate of drug-likeness (QED) is 0.832. The minimum Gasteiger partial charge on any atom is -0.497 e. The van der Waals surface area contributed by atoms with Crippen LogP contribution in [0.1, 0.15) is 12.5 Å². The van der Waals surface area contributed by atoms with Gasteiger partial charge in [0.05, 0.1) is 7.11 Å². The number of nitrogens with one attached hydrogen (secondary N) is 1. The van der Waals surface area contributed by atoms with Gasteiger partial charge >= 0.3 is 0 Å². The van der Waals surface area contributed by atoms with Gasteiger partial charge in [-0.2, -0.15) is 0 Å². The van der Waals surface area contributed by atoms with E-state index in [-0.39, 0.29) is 12.4 Å². The SMILES string of the molecule is CN[C@@H](C)Cc1cccc(OC)c1.Cl. The second-order valence-electron chi connectivity index (χ2n) is 3.25. The number of methoxy groups -OCH3 is 1. The highest BCUT2D eigenvalue weighted by Crippen LogP contribution is 2.13. The van der Waals surface area contributed by atoms with Crippen molar-refractivity contribution in [3.63, 3.8) is 0 Å². The lowest BCUT2D eigenvalue weighted by molar-refractivity contribution is 0.414. The molecule has 3 heteroatoms. The zero-order chi connectivity index (χ0) is 9.68. The van der Waals surface area contributed by atoms with Gasteiger partial charge in [-0.05, 0) is 38.1 Å². The van der Waals surface area contributed by atoms with Crippen LogP contribution in [-0.2, 0) is 6.42 Å². The summed E-state index contributed by atoms with van der Waals surface area (Å²) in [7, 11) is 3.67. The molecule has 80 valence electrons. The molecule has 0 saturated carbocycles. The molecule has 0 saturated heterocycles. The molecule has 0 amide bonds. The first-order valence-electron chi connectivity index (χ1n) is 4.56. The van der Waals surface area contributed by atoms with Crippen molar-refractivity contribution in [3.8, 4) is 5.75 Å². The molecule has 1 N–H and O–H groups in total. The van der Waals surface area contributed by atoms with E-state index in [9.17, 15) is 0 Å². The second-order valence-corrected chi connectivity index (χ2v) is 3.25. The Bertz CT molecular complexity index is 265. The van der Waals surface area contributed by atoms with E-state index in [2.05, 4.69) is 24.4 Å². The zero-order valence-corrected chi connectivity index (χ0v) is 9.73. The summed E-state index contributed by atoms with van der Waals surface area (Å²) in [6.07, 6.45) is 1.04.